The minimum absolute atomic E-state index is 0.0982. The Labute approximate surface area is 188 Å². The van der Waals surface area contributed by atoms with Crippen LogP contribution in [0.15, 0.2) is 23.8 Å². The van der Waals surface area contributed by atoms with Gasteiger partial charge in [-0.25, -0.2) is 0 Å². The van der Waals surface area contributed by atoms with Gasteiger partial charge in [-0.3, -0.25) is 0 Å². The van der Waals surface area contributed by atoms with Crippen LogP contribution in [0.25, 0.3) is 0 Å². The van der Waals surface area contributed by atoms with Gasteiger partial charge in [-0.15, -0.1) is 0 Å². The third-order valence-electron chi connectivity index (χ3n) is 5.92. The van der Waals surface area contributed by atoms with Crippen LogP contribution >= 0.6 is 0 Å². The number of unbranched alkanes of at least 4 members (excludes halogenated alkanes) is 3. The van der Waals surface area contributed by atoms with Crippen molar-refractivity contribution in [2.45, 2.75) is 90.9 Å². The topological polar surface area (TPSA) is 46.5 Å². The van der Waals surface area contributed by atoms with Crippen molar-refractivity contribution in [1.29, 1.82) is 0 Å². The van der Waals surface area contributed by atoms with Gasteiger partial charge in [0.15, 0.2) is 0 Å². The predicted octanol–water partition coefficient (Wildman–Crippen LogP) is 5.32. The van der Waals surface area contributed by atoms with Crippen molar-refractivity contribution in [3.05, 3.63) is 34.9 Å². The quantitative estimate of drug-likeness (QED) is 0.240. The van der Waals surface area contributed by atoms with Gasteiger partial charge in [-0.05, 0) is 0 Å². The average Bonchev–Trinajstić information content (AvgIpc) is 2.65. The van der Waals surface area contributed by atoms with Crippen LogP contribution in [0.3, 0.4) is 0 Å². The number of benzene rings is 1. The molecular weight excluding hydrogens is 439 g/mol. The molecule has 0 amide bonds. The summed E-state index contributed by atoms with van der Waals surface area (Å²) in [6.45, 7) is 14.0. The molecule has 0 atom stereocenters. The summed E-state index contributed by atoms with van der Waals surface area (Å²) in [5, 5.41) is 8.88. The summed E-state index contributed by atoms with van der Waals surface area (Å²) in [6.07, 6.45) is 8.22. The zero-order valence-corrected chi connectivity index (χ0v) is 21.1. The molecule has 0 spiro atoms. The van der Waals surface area contributed by atoms with E-state index >= 15 is 0 Å². The summed E-state index contributed by atoms with van der Waals surface area (Å²) >= 11 is -0.0982. The van der Waals surface area contributed by atoms with Crippen LogP contribution in [0.2, 0.25) is 0 Å². The molecule has 1 aliphatic carbocycles. The van der Waals surface area contributed by atoms with E-state index < -0.39 is 5.97 Å². The van der Waals surface area contributed by atoms with Crippen LogP contribution in [0.1, 0.15) is 91.2 Å². The Morgan fingerprint density at radius 2 is 1.77 bits per heavy atom. The molecule has 1 N–H and O–H groups in total. The fraction of sp³-hybridized carbons (Fsp3) is 0.577. The first-order valence-electron chi connectivity index (χ1n) is 11.0. The van der Waals surface area contributed by atoms with Gasteiger partial charge >= 0.3 is 189 Å². The molecule has 0 aliphatic heterocycles. The van der Waals surface area contributed by atoms with Crippen molar-refractivity contribution in [2.75, 3.05) is 6.61 Å². The number of carboxylic acid groups (broad SMARTS) is 1. The first-order chi connectivity index (χ1) is 14.1. The van der Waals surface area contributed by atoms with Gasteiger partial charge in [-0.1, -0.05) is 0 Å². The minimum atomic E-state index is -0.955. The Morgan fingerprint density at radius 1 is 1.13 bits per heavy atom. The number of aliphatic carboxylic acids is 1. The van der Waals surface area contributed by atoms with E-state index in [-0.39, 0.29) is 25.8 Å². The molecule has 0 heterocycles. The summed E-state index contributed by atoms with van der Waals surface area (Å²) in [4.78, 5) is 14.0. The SMILES string of the molecule is CCCCCCOc1cc2c(cc1[Se]C#CC(C)=CC(=O)O)C(C)(C)CCC2(C)C. The molecule has 0 fully saturated rings. The van der Waals surface area contributed by atoms with Crippen molar-refractivity contribution in [1.82, 2.24) is 0 Å². The number of allylic oxidation sites excluding steroid dienone is 1. The van der Waals surface area contributed by atoms with E-state index in [1.165, 1.54) is 43.2 Å². The van der Waals surface area contributed by atoms with Crippen LogP contribution in [-0.2, 0) is 15.6 Å². The van der Waals surface area contributed by atoms with Gasteiger partial charge in [0.05, 0.1) is 0 Å². The molecule has 0 saturated heterocycles. The number of hydrogen-bond acceptors (Lipinski definition) is 2. The normalized spacial score (nSPS) is 16.9. The van der Waals surface area contributed by atoms with Crippen LogP contribution in [0.5, 0.6) is 5.75 Å². The van der Waals surface area contributed by atoms with E-state index in [2.05, 4.69) is 57.5 Å². The number of ether oxygens (including phenoxy) is 1. The average molecular weight is 476 g/mol. The summed E-state index contributed by atoms with van der Waals surface area (Å²) in [5.41, 5.74) is 3.67. The molecule has 0 saturated carbocycles. The van der Waals surface area contributed by atoms with Gasteiger partial charge in [-0.2, -0.15) is 0 Å². The van der Waals surface area contributed by atoms with E-state index in [9.17, 15) is 4.79 Å². The second-order valence-electron chi connectivity index (χ2n) is 9.52. The van der Waals surface area contributed by atoms with Gasteiger partial charge in [0.1, 0.15) is 0 Å². The third kappa shape index (κ3) is 6.66. The number of carboxylic acids is 1. The molecule has 30 heavy (non-hydrogen) atoms. The Balaban J connectivity index is 2.37. The molecule has 1 aromatic rings. The molecule has 3 nitrogen and oxygen atoms in total. The van der Waals surface area contributed by atoms with E-state index in [1.807, 2.05) is 0 Å². The Hall–Kier alpha value is -1.69. The summed E-state index contributed by atoms with van der Waals surface area (Å²) in [6, 6.07) is 4.59. The molecule has 0 unspecified atom stereocenters. The molecule has 0 radical (unpaired) electrons. The number of fused-ring (bicyclic) bond motifs is 1. The molecule has 1 aromatic carbocycles. The van der Waals surface area contributed by atoms with Crippen molar-refractivity contribution in [2.24, 2.45) is 0 Å². The predicted molar refractivity (Wildman–Crippen MR) is 126 cm³/mol. The van der Waals surface area contributed by atoms with Crippen molar-refractivity contribution in [3.8, 4) is 16.5 Å². The molecule has 2 rings (SSSR count). The molecular formula is C26H36O3Se. The van der Waals surface area contributed by atoms with E-state index in [1.54, 1.807) is 6.92 Å². The maximum absolute atomic E-state index is 10.8. The fourth-order valence-corrected chi connectivity index (χ4v) is 5.36. The summed E-state index contributed by atoms with van der Waals surface area (Å²) < 4.78 is 7.44. The van der Waals surface area contributed by atoms with Gasteiger partial charge < -0.3 is 0 Å². The zero-order chi connectivity index (χ0) is 22.4. The fourth-order valence-electron chi connectivity index (χ4n) is 3.86. The number of rotatable bonds is 8. The second-order valence-corrected chi connectivity index (χ2v) is 11.3. The second kappa shape index (κ2) is 10.6. The standard InChI is InChI=1S/C26H36O3Se/c1-7-8-9-10-14-29-22-17-20-21(26(5,6)13-12-25(20,3)4)18-23(22)30-15-11-19(2)16-24(27)28/h16-18H,7-10,12-14H2,1-6H3,(H,27,28). The maximum atomic E-state index is 10.8. The van der Waals surface area contributed by atoms with Gasteiger partial charge in [0.25, 0.3) is 0 Å². The third-order valence-corrected chi connectivity index (χ3v) is 7.48. The molecule has 0 bridgehead atoms. The summed E-state index contributed by atoms with van der Waals surface area (Å²) in [5.74, 6) is 3.00. The molecule has 4 heteroatoms. The number of carbonyl (C=O) groups is 1. The molecule has 1 aliphatic rings. The number of hydrogen-bond donors (Lipinski definition) is 1. The Kier molecular flexibility index (Phi) is 8.65. The van der Waals surface area contributed by atoms with E-state index in [0.29, 0.717) is 5.57 Å². The van der Waals surface area contributed by atoms with Gasteiger partial charge in [0, 0.05) is 0 Å². The monoisotopic (exact) mass is 476 g/mol. The van der Waals surface area contributed by atoms with E-state index in [0.717, 1.165) is 29.3 Å². The molecule has 0 aromatic heterocycles. The van der Waals surface area contributed by atoms with E-state index in [4.69, 9.17) is 9.84 Å². The molecule has 164 valence electrons. The van der Waals surface area contributed by atoms with Crippen LogP contribution in [-0.4, -0.2) is 32.6 Å². The zero-order valence-electron chi connectivity index (χ0n) is 19.4. The van der Waals surface area contributed by atoms with Gasteiger partial charge in [0.2, 0.25) is 0 Å². The van der Waals surface area contributed by atoms with Crippen LogP contribution < -0.4 is 9.20 Å². The summed E-state index contributed by atoms with van der Waals surface area (Å²) in [7, 11) is 0. The Morgan fingerprint density at radius 3 is 2.37 bits per heavy atom. The van der Waals surface area contributed by atoms with Crippen LogP contribution in [0.4, 0.5) is 0 Å². The van der Waals surface area contributed by atoms with Crippen molar-refractivity contribution < 1.29 is 14.6 Å². The van der Waals surface area contributed by atoms with Crippen LogP contribution in [0, 0.1) is 10.7 Å². The van der Waals surface area contributed by atoms with Crippen molar-refractivity contribution >= 4 is 25.4 Å². The first kappa shape index (κ1) is 24.6. The Bertz CT molecular complexity index is 853. The van der Waals surface area contributed by atoms with Crippen molar-refractivity contribution in [3.63, 3.8) is 0 Å². The first-order valence-corrected chi connectivity index (χ1v) is 12.7.